The van der Waals surface area contributed by atoms with E-state index in [9.17, 15) is 38.4 Å². The molecule has 566 valence electrons. The van der Waals surface area contributed by atoms with Gasteiger partial charge in [-0.2, -0.15) is 35.3 Å². The molecule has 0 radical (unpaired) electrons. The van der Waals surface area contributed by atoms with Gasteiger partial charge in [-0.05, 0) is 96.8 Å². The Kier molecular flexibility index (Phi) is 35.0. The lowest BCUT2D eigenvalue weighted by molar-refractivity contribution is -0.137. The number of amides is 9. The summed E-state index contributed by atoms with van der Waals surface area (Å²) < 4.78 is 22.1. The summed E-state index contributed by atoms with van der Waals surface area (Å²) in [6.07, 6.45) is 21.3. The largest absolute Gasteiger partial charge is 0.495 e. The second kappa shape index (κ2) is 43.3. The van der Waals surface area contributed by atoms with Crippen molar-refractivity contribution in [3.8, 4) is 23.0 Å². The molecule has 0 spiro atoms. The quantitative estimate of drug-likeness (QED) is 0.0114. The molecule has 6 aliphatic rings. The number of carboxylic acid groups (broad SMARTS) is 2. The highest BCUT2D eigenvalue weighted by molar-refractivity contribution is 8.00. The van der Waals surface area contributed by atoms with Crippen LogP contribution in [0.15, 0.2) is 59.7 Å². The molecule has 6 aliphatic heterocycles. The van der Waals surface area contributed by atoms with Gasteiger partial charge in [-0.1, -0.05) is 117 Å². The maximum Gasteiger partial charge on any atom is 0.331 e. The summed E-state index contributed by atoms with van der Waals surface area (Å²) in [5.41, 5.74) is 7.23. The zero-order chi connectivity index (χ0) is 74.4. The lowest BCUT2D eigenvalue weighted by atomic mass is 10.0. The first-order chi connectivity index (χ1) is 49.7. The molecule has 6 heterocycles. The van der Waals surface area contributed by atoms with Crippen LogP contribution in [0, 0.1) is 0 Å². The van der Waals surface area contributed by atoms with Crippen molar-refractivity contribution in [2.75, 3.05) is 71.9 Å². The van der Waals surface area contributed by atoms with Crippen molar-refractivity contribution in [3.63, 3.8) is 0 Å². The number of ether oxygens (including phenoxy) is 4. The van der Waals surface area contributed by atoms with Gasteiger partial charge in [-0.3, -0.25) is 19.2 Å². The molecule has 4 aromatic carbocycles. The average molecular weight is 1520 g/mol. The van der Waals surface area contributed by atoms with Gasteiger partial charge in [0, 0.05) is 116 Å². The van der Waals surface area contributed by atoms with E-state index in [1.807, 2.05) is 83.8 Å². The van der Waals surface area contributed by atoms with Crippen molar-refractivity contribution in [2.24, 2.45) is 5.73 Å². The normalized spacial score (nSPS) is 21.2. The van der Waals surface area contributed by atoms with E-state index in [1.54, 1.807) is 27.2 Å². The van der Waals surface area contributed by atoms with Gasteiger partial charge < -0.3 is 82.7 Å². The van der Waals surface area contributed by atoms with Crippen molar-refractivity contribution in [3.05, 3.63) is 80.8 Å². The number of benzene rings is 4. The Bertz CT molecular complexity index is 3610. The van der Waals surface area contributed by atoms with E-state index in [1.165, 1.54) is 27.2 Å². The van der Waals surface area contributed by atoms with E-state index in [0.29, 0.717) is 97.5 Å². The molecule has 103 heavy (non-hydrogen) atoms. The van der Waals surface area contributed by atoms with Crippen LogP contribution in [-0.2, 0) is 24.0 Å². The van der Waals surface area contributed by atoms with Crippen LogP contribution in [-0.4, -0.2) is 182 Å². The first kappa shape index (κ1) is 83.1. The fraction of sp³-hybridized carbons (Fsp3) is 0.568. The molecule has 9 atom stereocenters. The van der Waals surface area contributed by atoms with Gasteiger partial charge in [-0.25, -0.2) is 19.2 Å². The van der Waals surface area contributed by atoms with Gasteiger partial charge >= 0.3 is 30.0 Å². The number of methoxy groups -OCH3 is 4. The fourth-order valence-corrected chi connectivity index (χ4v) is 18.7. The highest BCUT2D eigenvalue weighted by Crippen LogP contribution is 2.46. The molecule has 4 aromatic rings. The van der Waals surface area contributed by atoms with E-state index in [0.717, 1.165) is 161 Å². The Balaban J connectivity index is 0.000000209. The molecule has 0 aromatic heterocycles. The van der Waals surface area contributed by atoms with Gasteiger partial charge in [0.15, 0.2) is 0 Å². The number of carbonyl (C=O) groups is 8. The number of unbranched alkanes of at least 4 members (excludes halogenated alkanes) is 9. The molecule has 0 aliphatic carbocycles. The highest BCUT2D eigenvalue weighted by atomic mass is 35.5. The molecule has 0 bridgehead atoms. The van der Waals surface area contributed by atoms with Crippen molar-refractivity contribution >= 4 is 140 Å². The van der Waals surface area contributed by atoms with Crippen LogP contribution >= 0.6 is 58.5 Å². The molecule has 10 rings (SSSR count). The number of nitrogens with two attached hydrogens (primary N) is 1. The van der Waals surface area contributed by atoms with Crippen LogP contribution in [0.4, 0.5) is 14.4 Å². The number of hydrogen-bond donors (Lipinski definition) is 12. The predicted molar refractivity (Wildman–Crippen MR) is 414 cm³/mol. The third kappa shape index (κ3) is 24.7. The summed E-state index contributed by atoms with van der Waals surface area (Å²) in [5, 5.41) is 49.7. The van der Waals surface area contributed by atoms with Gasteiger partial charge in [0.2, 0.25) is 17.7 Å². The fourth-order valence-electron chi connectivity index (χ4n) is 13.4. The topological polar surface area (TPSA) is 348 Å². The van der Waals surface area contributed by atoms with E-state index < -0.39 is 11.9 Å². The van der Waals surface area contributed by atoms with Crippen LogP contribution in [0.25, 0.3) is 33.7 Å². The molecule has 6 fully saturated rings. The summed E-state index contributed by atoms with van der Waals surface area (Å²) in [6, 6.07) is 16.6. The second-order valence-corrected chi connectivity index (χ2v) is 30.8. The van der Waals surface area contributed by atoms with Crippen LogP contribution in [0.3, 0.4) is 0 Å². The van der Waals surface area contributed by atoms with Gasteiger partial charge in [0.1, 0.15) is 23.0 Å². The number of hydrogen-bond acceptors (Lipinski definition) is 16. The summed E-state index contributed by atoms with van der Waals surface area (Å²) in [5.74, 6) is 3.45. The number of aliphatic carboxylic acids is 2. The molecule has 13 N–H and O–H groups in total. The van der Waals surface area contributed by atoms with Crippen molar-refractivity contribution < 1.29 is 67.5 Å². The maximum absolute atomic E-state index is 12.8. The van der Waals surface area contributed by atoms with Crippen LogP contribution in [0.5, 0.6) is 23.0 Å². The second-order valence-electron chi connectivity index (χ2n) is 26.2. The summed E-state index contributed by atoms with van der Waals surface area (Å²) in [4.78, 5) is 92.0. The first-order valence-corrected chi connectivity index (χ1v) is 39.7. The number of thioether (sulfide) groups is 3. The molecule has 24 nitrogen and oxygen atoms in total. The number of urea groups is 3. The average Bonchev–Trinajstić information content (AvgIpc) is 1.77. The van der Waals surface area contributed by atoms with E-state index in [-0.39, 0.29) is 78.0 Å². The number of fused-ring (bicyclic) bond motifs is 5. The standard InChI is InChI=1S/C32H43ClN4O5S.C16H15ClO4.C16H30N4O2S.C10H16N2O3S/c1-20(18-23-27(33)30(42-3)22-13-7-6-12-21(22)29(23)41-2)31(39)35-17-11-5-4-10-16-34-26(38)15-9-8-14-25-28-24(19-43-25)36-32(40)37-28;1-9(16(18)19)8-12-13(17)15(21-3)11-7-5-4-6-10(11)14(12)20-2;17-9-5-1-2-6-10-18-14(21)8-4-3-7-13-15-12(11-23-13)19-16(22)20-15;13-8(14)4-2-1-3-7-9-6(5-16-7)11-10(15)12-9/h6-7,12-13,18,24-25,28H,4-5,8-11,14-17,19H2,1-3H3,(H,34,38)(H,35,39)(H2,36,37,40);4-8H,1-3H3,(H,18,19);12-13,15H,1-11,17H2,(H,18,21)(H2,19,20,22);6-7,9H,1-5H2,(H,13,14)(H2,11,12,15)/b20-18+;9-8+;;/t24?,25?,28-;;12?,13?,15-;6?,7?,9-/m0.00/s1. The Morgan fingerprint density at radius 1 is 0.476 bits per heavy atom. The molecule has 6 unspecified atom stereocenters. The molecule has 29 heteroatoms. The predicted octanol–water partition coefficient (Wildman–Crippen LogP) is 11.6. The van der Waals surface area contributed by atoms with Crippen LogP contribution < -0.4 is 72.5 Å². The Labute approximate surface area is 627 Å². The molecule has 0 saturated carbocycles. The third-order valence-electron chi connectivity index (χ3n) is 18.8. The minimum absolute atomic E-state index is 0.0314. The number of nitrogens with one attached hydrogen (secondary N) is 9. The monoisotopic (exact) mass is 1520 g/mol. The summed E-state index contributed by atoms with van der Waals surface area (Å²) in [6.45, 7) is 6.04. The van der Waals surface area contributed by atoms with Crippen molar-refractivity contribution in [1.29, 1.82) is 0 Å². The summed E-state index contributed by atoms with van der Waals surface area (Å²) in [7, 11) is 6.21. The Morgan fingerprint density at radius 2 is 0.816 bits per heavy atom. The molecular weight excluding hydrogens is 1420 g/mol. The molecular formula is C74H104Cl2N10O14S3. The van der Waals surface area contributed by atoms with E-state index in [4.69, 9.17) is 58.1 Å². The minimum atomic E-state index is -1.01. The lowest BCUT2D eigenvalue weighted by Crippen LogP contribution is -2.36. The molecule has 6 saturated heterocycles. The Hall–Kier alpha value is -7.17. The van der Waals surface area contributed by atoms with Gasteiger partial charge in [0.25, 0.3) is 0 Å². The number of carboxylic acids is 2. The zero-order valence-electron chi connectivity index (χ0n) is 59.9. The first-order valence-electron chi connectivity index (χ1n) is 35.8. The lowest BCUT2D eigenvalue weighted by Gasteiger charge is -2.16. The third-order valence-corrected chi connectivity index (χ3v) is 24.1. The number of halogens is 2. The van der Waals surface area contributed by atoms with Gasteiger partial charge in [0.05, 0.1) is 74.7 Å². The smallest absolute Gasteiger partial charge is 0.331 e. The van der Waals surface area contributed by atoms with E-state index in [2.05, 4.69) is 47.9 Å². The minimum Gasteiger partial charge on any atom is -0.495 e. The summed E-state index contributed by atoms with van der Waals surface area (Å²) >= 11 is 18.8. The van der Waals surface area contributed by atoms with Gasteiger partial charge in [-0.15, -0.1) is 0 Å². The molecule has 9 amide bonds. The van der Waals surface area contributed by atoms with Crippen LogP contribution in [0.2, 0.25) is 10.0 Å². The van der Waals surface area contributed by atoms with E-state index >= 15 is 0 Å². The zero-order valence-corrected chi connectivity index (χ0v) is 63.9. The highest BCUT2D eigenvalue weighted by Gasteiger charge is 2.45. The maximum atomic E-state index is 12.8. The van der Waals surface area contributed by atoms with Crippen molar-refractivity contribution in [1.82, 2.24) is 47.9 Å². The number of rotatable bonds is 36. The SMILES string of the molecule is COc1c(Cl)c(/C=C(\C)C(=O)NCCCCCCNC(=O)CCCCC2SCC3NC(=O)N[C@@H]32)c(OC)c2ccccc12.COc1c(Cl)c(/C=C(\C)C(=O)O)c(OC)c2ccccc12.NCCCCCCNC(=O)CCCCC1SCC2NC(=O)N[C@@H]21.O=C(O)CCCCC1SCC2NC(=O)N[C@@H]21. The number of carbonyl (C=O) groups excluding carboxylic acids is 6. The Morgan fingerprint density at radius 3 is 1.17 bits per heavy atom. The van der Waals surface area contributed by atoms with Crippen LogP contribution in [0.1, 0.15) is 153 Å². The van der Waals surface area contributed by atoms with Crippen molar-refractivity contribution in [2.45, 2.75) is 194 Å².